The van der Waals surface area contributed by atoms with Gasteiger partial charge in [0.25, 0.3) is 0 Å². The molecule has 0 unspecified atom stereocenters. The van der Waals surface area contributed by atoms with Gasteiger partial charge in [-0.2, -0.15) is 0 Å². The van der Waals surface area contributed by atoms with Crippen molar-refractivity contribution in [2.45, 2.75) is 6.42 Å². The van der Waals surface area contributed by atoms with Crippen molar-refractivity contribution in [1.29, 1.82) is 0 Å². The second-order valence-electron chi connectivity index (χ2n) is 5.04. The first-order valence-electron chi connectivity index (χ1n) is 7.14. The fourth-order valence-electron chi connectivity index (χ4n) is 2.71. The molecule has 1 aliphatic rings. The third-order valence-corrected chi connectivity index (χ3v) is 3.80. The van der Waals surface area contributed by atoms with Crippen molar-refractivity contribution < 1.29 is 14.3 Å². The predicted molar refractivity (Wildman–Crippen MR) is 85.0 cm³/mol. The molecular formula is C18H17NO3. The Morgan fingerprint density at radius 1 is 1.09 bits per heavy atom. The van der Waals surface area contributed by atoms with E-state index in [1.165, 1.54) is 12.7 Å². The minimum atomic E-state index is -0.367. The van der Waals surface area contributed by atoms with Gasteiger partial charge in [0.1, 0.15) is 5.75 Å². The lowest BCUT2D eigenvalue weighted by Gasteiger charge is -2.19. The van der Waals surface area contributed by atoms with Crippen LogP contribution >= 0.6 is 0 Å². The molecule has 0 spiro atoms. The van der Waals surface area contributed by atoms with E-state index in [2.05, 4.69) is 17.1 Å². The Bertz CT molecular complexity index is 750. The van der Waals surface area contributed by atoms with Crippen LogP contribution in [0.2, 0.25) is 0 Å². The van der Waals surface area contributed by atoms with Crippen LogP contribution in [0.1, 0.15) is 27.0 Å². The normalized spacial score (nSPS) is 13.1. The number of rotatable bonds is 3. The molecule has 0 radical (unpaired) electrons. The lowest BCUT2D eigenvalue weighted by atomic mass is 9.92. The van der Waals surface area contributed by atoms with Crippen LogP contribution in [0.25, 0.3) is 0 Å². The van der Waals surface area contributed by atoms with Crippen LogP contribution in [0, 0.1) is 0 Å². The molecule has 0 N–H and O–H groups in total. The van der Waals surface area contributed by atoms with E-state index >= 15 is 0 Å². The van der Waals surface area contributed by atoms with E-state index in [-0.39, 0.29) is 5.97 Å². The van der Waals surface area contributed by atoms with E-state index in [0.29, 0.717) is 11.3 Å². The molecule has 0 aromatic heterocycles. The standard InChI is InChI=1S/C18H17NO3/c1-21-16-8-7-13(18(20)22-2)11-15(16)17-14-6-4-3-5-12(14)9-10-19-17/h3-8,11H,9-10H2,1-2H3. The molecule has 4 heteroatoms. The summed E-state index contributed by atoms with van der Waals surface area (Å²) < 4.78 is 10.3. The molecule has 1 aliphatic heterocycles. The number of hydrogen-bond acceptors (Lipinski definition) is 4. The number of carbonyl (C=O) groups excluding carboxylic acids is 1. The second-order valence-corrected chi connectivity index (χ2v) is 5.04. The minimum absolute atomic E-state index is 0.367. The maximum Gasteiger partial charge on any atom is 0.337 e. The SMILES string of the molecule is COC(=O)c1ccc(OC)c(C2=NCCc3ccccc32)c1. The van der Waals surface area contributed by atoms with Crippen molar-refractivity contribution in [3.63, 3.8) is 0 Å². The number of ether oxygens (including phenoxy) is 2. The average Bonchev–Trinajstić information content (AvgIpc) is 2.60. The fourth-order valence-corrected chi connectivity index (χ4v) is 2.71. The molecule has 2 aromatic rings. The zero-order valence-corrected chi connectivity index (χ0v) is 12.6. The average molecular weight is 295 g/mol. The van der Waals surface area contributed by atoms with Gasteiger partial charge in [-0.25, -0.2) is 4.79 Å². The molecule has 0 saturated heterocycles. The van der Waals surface area contributed by atoms with Gasteiger partial charge in [-0.15, -0.1) is 0 Å². The second kappa shape index (κ2) is 6.02. The van der Waals surface area contributed by atoms with E-state index in [9.17, 15) is 4.79 Å². The number of nitrogens with zero attached hydrogens (tertiary/aromatic N) is 1. The Morgan fingerprint density at radius 3 is 2.68 bits per heavy atom. The zero-order valence-electron chi connectivity index (χ0n) is 12.6. The van der Waals surface area contributed by atoms with Gasteiger partial charge >= 0.3 is 5.97 Å². The summed E-state index contributed by atoms with van der Waals surface area (Å²) in [5.74, 6) is 0.330. The highest BCUT2D eigenvalue weighted by Crippen LogP contribution is 2.27. The summed E-state index contributed by atoms with van der Waals surface area (Å²) in [5, 5.41) is 0. The van der Waals surface area contributed by atoms with E-state index in [1.807, 2.05) is 12.1 Å². The Hall–Kier alpha value is -2.62. The number of esters is 1. The molecule has 22 heavy (non-hydrogen) atoms. The van der Waals surface area contributed by atoms with Gasteiger partial charge < -0.3 is 9.47 Å². The van der Waals surface area contributed by atoms with Crippen molar-refractivity contribution in [2.75, 3.05) is 20.8 Å². The van der Waals surface area contributed by atoms with Gasteiger partial charge in [-0.05, 0) is 30.2 Å². The maximum atomic E-state index is 11.8. The van der Waals surface area contributed by atoms with Crippen LogP contribution in [-0.4, -0.2) is 32.4 Å². The summed E-state index contributed by atoms with van der Waals surface area (Å²) in [6.45, 7) is 0.734. The molecule has 2 aromatic carbocycles. The molecule has 0 atom stereocenters. The predicted octanol–water partition coefficient (Wildman–Crippen LogP) is 2.88. The van der Waals surface area contributed by atoms with Gasteiger partial charge in [0.2, 0.25) is 0 Å². The molecule has 3 rings (SSSR count). The fraction of sp³-hybridized carbons (Fsp3) is 0.222. The van der Waals surface area contributed by atoms with Crippen molar-refractivity contribution in [3.05, 3.63) is 64.7 Å². The van der Waals surface area contributed by atoms with Crippen molar-refractivity contribution in [1.82, 2.24) is 0 Å². The first kappa shape index (κ1) is 14.3. The molecular weight excluding hydrogens is 278 g/mol. The number of benzene rings is 2. The molecule has 0 aliphatic carbocycles. The topological polar surface area (TPSA) is 47.9 Å². The van der Waals surface area contributed by atoms with Gasteiger partial charge in [0.05, 0.1) is 25.5 Å². The Kier molecular flexibility index (Phi) is 3.92. The zero-order chi connectivity index (χ0) is 15.5. The minimum Gasteiger partial charge on any atom is -0.496 e. The van der Waals surface area contributed by atoms with Gasteiger partial charge in [-0.3, -0.25) is 4.99 Å². The molecule has 0 fully saturated rings. The quantitative estimate of drug-likeness (QED) is 0.818. The smallest absolute Gasteiger partial charge is 0.337 e. The maximum absolute atomic E-state index is 11.8. The highest BCUT2D eigenvalue weighted by molar-refractivity contribution is 6.16. The van der Waals surface area contributed by atoms with Crippen LogP contribution in [0.5, 0.6) is 5.75 Å². The molecule has 0 bridgehead atoms. The highest BCUT2D eigenvalue weighted by Gasteiger charge is 2.20. The van der Waals surface area contributed by atoms with Crippen LogP contribution in [0.15, 0.2) is 47.5 Å². The van der Waals surface area contributed by atoms with Crippen LogP contribution in [0.4, 0.5) is 0 Å². The summed E-state index contributed by atoms with van der Waals surface area (Å²) in [5.41, 5.74) is 4.53. The first-order chi connectivity index (χ1) is 10.7. The van der Waals surface area contributed by atoms with Gasteiger partial charge in [-0.1, -0.05) is 24.3 Å². The van der Waals surface area contributed by atoms with Crippen molar-refractivity contribution in [3.8, 4) is 5.75 Å². The van der Waals surface area contributed by atoms with Crippen LogP contribution in [0.3, 0.4) is 0 Å². The number of fused-ring (bicyclic) bond motifs is 1. The van der Waals surface area contributed by atoms with Crippen molar-refractivity contribution >= 4 is 11.7 Å². The Labute approximate surface area is 129 Å². The van der Waals surface area contributed by atoms with Crippen LogP contribution < -0.4 is 4.74 Å². The van der Waals surface area contributed by atoms with Crippen LogP contribution in [-0.2, 0) is 11.2 Å². The third kappa shape index (κ3) is 2.48. The summed E-state index contributed by atoms with van der Waals surface area (Å²) in [6.07, 6.45) is 0.929. The summed E-state index contributed by atoms with van der Waals surface area (Å²) in [6, 6.07) is 13.5. The lowest BCUT2D eigenvalue weighted by molar-refractivity contribution is 0.0600. The monoisotopic (exact) mass is 295 g/mol. The summed E-state index contributed by atoms with van der Waals surface area (Å²) in [7, 11) is 2.99. The number of methoxy groups -OCH3 is 2. The number of hydrogen-bond donors (Lipinski definition) is 0. The molecule has 112 valence electrons. The molecule has 0 amide bonds. The third-order valence-electron chi connectivity index (χ3n) is 3.80. The Morgan fingerprint density at radius 2 is 1.91 bits per heavy atom. The molecule has 0 saturated carbocycles. The first-order valence-corrected chi connectivity index (χ1v) is 7.14. The van der Waals surface area contributed by atoms with Gasteiger partial charge in [0.15, 0.2) is 0 Å². The lowest BCUT2D eigenvalue weighted by Crippen LogP contribution is -2.15. The largest absolute Gasteiger partial charge is 0.496 e. The Balaban J connectivity index is 2.14. The van der Waals surface area contributed by atoms with E-state index in [1.54, 1.807) is 25.3 Å². The molecule has 4 nitrogen and oxygen atoms in total. The number of carbonyl (C=O) groups is 1. The van der Waals surface area contributed by atoms with Crippen molar-refractivity contribution in [2.24, 2.45) is 4.99 Å². The highest BCUT2D eigenvalue weighted by atomic mass is 16.5. The number of aliphatic imine (C=N–C) groups is 1. The van der Waals surface area contributed by atoms with Gasteiger partial charge in [0, 0.05) is 17.7 Å². The van der Waals surface area contributed by atoms with E-state index < -0.39 is 0 Å². The molecule has 1 heterocycles. The summed E-state index contributed by atoms with van der Waals surface area (Å²) >= 11 is 0. The van der Waals surface area contributed by atoms with E-state index in [4.69, 9.17) is 9.47 Å². The van der Waals surface area contributed by atoms with E-state index in [0.717, 1.165) is 29.8 Å². The summed E-state index contributed by atoms with van der Waals surface area (Å²) in [4.78, 5) is 16.5.